The molecule has 1 saturated carbocycles. The van der Waals surface area contributed by atoms with Gasteiger partial charge >= 0.3 is 0 Å². The van der Waals surface area contributed by atoms with E-state index in [9.17, 15) is 5.11 Å². The summed E-state index contributed by atoms with van der Waals surface area (Å²) in [5.74, 6) is 0. The first-order valence-corrected chi connectivity index (χ1v) is 7.01. The predicted molar refractivity (Wildman–Crippen MR) is 75.3 cm³/mol. The van der Waals surface area contributed by atoms with Crippen molar-refractivity contribution in [1.82, 2.24) is 0 Å². The molecule has 0 unspecified atom stereocenters. The monoisotopic (exact) mass is 246 g/mol. The smallest absolute Gasteiger partial charge is 0.0541 e. The second-order valence-corrected chi connectivity index (χ2v) is 5.66. The highest BCUT2D eigenvalue weighted by molar-refractivity contribution is 5.63. The molecule has 2 N–H and O–H groups in total. The molecular weight excluding hydrogens is 224 g/mol. The van der Waals surface area contributed by atoms with Crippen LogP contribution in [-0.2, 0) is 6.42 Å². The fourth-order valence-electron chi connectivity index (χ4n) is 3.11. The van der Waals surface area contributed by atoms with E-state index in [-0.39, 0.29) is 6.10 Å². The molecule has 3 rings (SSSR count). The Bertz CT molecular complexity index is 425. The fraction of sp³-hybridized carbons (Fsp3) is 0.600. The number of fused-ring (bicyclic) bond motifs is 1. The highest BCUT2D eigenvalue weighted by Crippen LogP contribution is 2.30. The normalized spacial score (nSPS) is 27.1. The van der Waals surface area contributed by atoms with Crippen LogP contribution in [0.1, 0.15) is 31.2 Å². The first kappa shape index (κ1) is 11.8. The zero-order valence-corrected chi connectivity index (χ0v) is 11.0. The summed E-state index contributed by atoms with van der Waals surface area (Å²) < 4.78 is 0. The lowest BCUT2D eigenvalue weighted by Crippen LogP contribution is -2.28. The third kappa shape index (κ3) is 2.32. The lowest BCUT2D eigenvalue weighted by atomic mass is 9.93. The molecule has 3 nitrogen and oxygen atoms in total. The fourth-order valence-corrected chi connectivity index (χ4v) is 3.11. The number of aliphatic hydroxyl groups is 1. The van der Waals surface area contributed by atoms with Crippen molar-refractivity contribution in [3.05, 3.63) is 23.8 Å². The molecule has 0 aromatic heterocycles. The van der Waals surface area contributed by atoms with Gasteiger partial charge in [0.15, 0.2) is 0 Å². The van der Waals surface area contributed by atoms with Gasteiger partial charge in [-0.25, -0.2) is 0 Å². The van der Waals surface area contributed by atoms with E-state index >= 15 is 0 Å². The van der Waals surface area contributed by atoms with Crippen molar-refractivity contribution in [2.75, 3.05) is 23.8 Å². The zero-order chi connectivity index (χ0) is 12.5. The third-order valence-electron chi connectivity index (χ3n) is 4.27. The molecule has 1 aromatic rings. The van der Waals surface area contributed by atoms with Gasteiger partial charge in [-0.2, -0.15) is 0 Å². The van der Waals surface area contributed by atoms with Crippen LogP contribution in [0.3, 0.4) is 0 Å². The molecule has 0 amide bonds. The van der Waals surface area contributed by atoms with Gasteiger partial charge in [-0.15, -0.1) is 0 Å². The number of hydrogen-bond donors (Lipinski definition) is 2. The van der Waals surface area contributed by atoms with E-state index in [0.717, 1.165) is 38.6 Å². The Kier molecular flexibility index (Phi) is 3.16. The molecule has 18 heavy (non-hydrogen) atoms. The Balaban J connectivity index is 1.67. The average Bonchev–Trinajstić information content (AvgIpc) is 2.74. The number of rotatable bonds is 2. The lowest BCUT2D eigenvalue weighted by molar-refractivity contribution is 0.126. The molecule has 0 bridgehead atoms. The second-order valence-electron chi connectivity index (χ2n) is 5.66. The van der Waals surface area contributed by atoms with Crippen LogP contribution in [0.15, 0.2) is 18.2 Å². The maximum atomic E-state index is 9.52. The van der Waals surface area contributed by atoms with Gasteiger partial charge in [0.1, 0.15) is 0 Å². The maximum absolute atomic E-state index is 9.52. The number of benzene rings is 1. The number of aliphatic hydroxyl groups excluding tert-OH is 1. The van der Waals surface area contributed by atoms with Crippen LogP contribution in [0, 0.1) is 0 Å². The quantitative estimate of drug-likeness (QED) is 0.841. The van der Waals surface area contributed by atoms with Gasteiger partial charge in [0.05, 0.1) is 6.10 Å². The van der Waals surface area contributed by atoms with E-state index < -0.39 is 0 Å². The Morgan fingerprint density at radius 3 is 2.78 bits per heavy atom. The van der Waals surface area contributed by atoms with Gasteiger partial charge in [0.25, 0.3) is 0 Å². The maximum Gasteiger partial charge on any atom is 0.0541 e. The number of anilines is 2. The van der Waals surface area contributed by atoms with Crippen LogP contribution in [0.4, 0.5) is 11.4 Å². The van der Waals surface area contributed by atoms with E-state index in [1.54, 1.807) is 0 Å². The van der Waals surface area contributed by atoms with Crippen molar-refractivity contribution < 1.29 is 5.11 Å². The minimum atomic E-state index is -0.0725. The van der Waals surface area contributed by atoms with E-state index in [1.165, 1.54) is 16.9 Å². The summed E-state index contributed by atoms with van der Waals surface area (Å²) in [6.45, 7) is 1.13. The molecule has 1 aliphatic carbocycles. The highest BCUT2D eigenvalue weighted by Gasteiger charge is 2.20. The van der Waals surface area contributed by atoms with Crippen molar-refractivity contribution in [2.45, 2.75) is 44.2 Å². The van der Waals surface area contributed by atoms with Gasteiger partial charge < -0.3 is 15.3 Å². The summed E-state index contributed by atoms with van der Waals surface area (Å²) in [5.41, 5.74) is 4.07. The van der Waals surface area contributed by atoms with Crippen molar-refractivity contribution in [2.24, 2.45) is 0 Å². The van der Waals surface area contributed by atoms with Gasteiger partial charge in [-0.3, -0.25) is 0 Å². The van der Waals surface area contributed by atoms with Gasteiger partial charge in [0, 0.05) is 31.0 Å². The SMILES string of the molecule is CN1CCc2cc(NC3CCC(O)CC3)ccc21. The van der Waals surface area contributed by atoms with Crippen LogP contribution in [0.25, 0.3) is 0 Å². The standard InChI is InChI=1S/C15H22N2O/c1-17-9-8-11-10-13(4-7-15(11)17)16-12-2-5-14(18)6-3-12/h4,7,10,12,14,16,18H,2-3,5-6,8-9H2,1H3. The molecule has 98 valence electrons. The number of nitrogens with one attached hydrogen (secondary N) is 1. The van der Waals surface area contributed by atoms with Crippen molar-refractivity contribution in [3.63, 3.8) is 0 Å². The molecule has 1 fully saturated rings. The summed E-state index contributed by atoms with van der Waals surface area (Å²) in [5, 5.41) is 13.1. The van der Waals surface area contributed by atoms with E-state index in [1.807, 2.05) is 0 Å². The Labute approximate surface area is 109 Å². The van der Waals surface area contributed by atoms with Crippen LogP contribution >= 0.6 is 0 Å². The summed E-state index contributed by atoms with van der Waals surface area (Å²) in [6.07, 6.45) is 5.12. The molecule has 1 heterocycles. The molecule has 1 aromatic carbocycles. The third-order valence-corrected chi connectivity index (χ3v) is 4.27. The van der Waals surface area contributed by atoms with Gasteiger partial charge in [-0.1, -0.05) is 0 Å². The molecule has 0 spiro atoms. The summed E-state index contributed by atoms with van der Waals surface area (Å²) in [6, 6.07) is 7.24. The molecule has 2 aliphatic rings. The topological polar surface area (TPSA) is 35.5 Å². The van der Waals surface area contributed by atoms with Crippen LogP contribution < -0.4 is 10.2 Å². The van der Waals surface area contributed by atoms with Gasteiger partial charge in [-0.05, 0) is 55.9 Å². The summed E-state index contributed by atoms with van der Waals surface area (Å²) >= 11 is 0. The Morgan fingerprint density at radius 2 is 2.00 bits per heavy atom. The van der Waals surface area contributed by atoms with Gasteiger partial charge in [0.2, 0.25) is 0 Å². The number of likely N-dealkylation sites (N-methyl/N-ethyl adjacent to an activating group) is 1. The van der Waals surface area contributed by atoms with Crippen molar-refractivity contribution in [3.8, 4) is 0 Å². The number of nitrogens with zero attached hydrogens (tertiary/aromatic N) is 1. The zero-order valence-electron chi connectivity index (χ0n) is 11.0. The van der Waals surface area contributed by atoms with E-state index in [0.29, 0.717) is 6.04 Å². The van der Waals surface area contributed by atoms with Crippen LogP contribution in [0.2, 0.25) is 0 Å². The van der Waals surface area contributed by atoms with Crippen LogP contribution in [0.5, 0.6) is 0 Å². The molecule has 1 aliphatic heterocycles. The molecule has 0 atom stereocenters. The molecule has 3 heteroatoms. The minimum absolute atomic E-state index is 0.0725. The van der Waals surface area contributed by atoms with Crippen molar-refractivity contribution in [1.29, 1.82) is 0 Å². The average molecular weight is 246 g/mol. The summed E-state index contributed by atoms with van der Waals surface area (Å²) in [4.78, 5) is 2.32. The largest absolute Gasteiger partial charge is 0.393 e. The van der Waals surface area contributed by atoms with E-state index in [2.05, 4.69) is 35.5 Å². The number of hydrogen-bond acceptors (Lipinski definition) is 3. The first-order chi connectivity index (χ1) is 8.72. The Hall–Kier alpha value is -1.22. The molecular formula is C15H22N2O. The second kappa shape index (κ2) is 4.81. The lowest BCUT2D eigenvalue weighted by Gasteiger charge is -2.27. The first-order valence-electron chi connectivity index (χ1n) is 7.01. The molecule has 0 radical (unpaired) electrons. The predicted octanol–water partition coefficient (Wildman–Crippen LogP) is 2.39. The van der Waals surface area contributed by atoms with Crippen LogP contribution in [-0.4, -0.2) is 30.8 Å². The van der Waals surface area contributed by atoms with E-state index in [4.69, 9.17) is 0 Å². The highest BCUT2D eigenvalue weighted by atomic mass is 16.3. The summed E-state index contributed by atoms with van der Waals surface area (Å²) in [7, 11) is 2.15. The Morgan fingerprint density at radius 1 is 1.22 bits per heavy atom. The molecule has 0 saturated heterocycles. The van der Waals surface area contributed by atoms with Crippen molar-refractivity contribution >= 4 is 11.4 Å². The minimum Gasteiger partial charge on any atom is -0.393 e.